The quantitative estimate of drug-likeness (QED) is 0.385. The minimum Gasteiger partial charge on any atom is -0.248 e. The van der Waals surface area contributed by atoms with Crippen LogP contribution in [0.1, 0.15) is 49.6 Å². The summed E-state index contributed by atoms with van der Waals surface area (Å²) >= 11 is 0. The predicted octanol–water partition coefficient (Wildman–Crippen LogP) is 4.28. The maximum absolute atomic E-state index is 14.5. The van der Waals surface area contributed by atoms with Gasteiger partial charge in [0, 0.05) is 6.26 Å². The molecule has 8 nitrogen and oxygen atoms in total. The van der Waals surface area contributed by atoms with Crippen molar-refractivity contribution in [1.29, 1.82) is 0 Å². The van der Waals surface area contributed by atoms with Crippen LogP contribution in [-0.2, 0) is 21.1 Å². The summed E-state index contributed by atoms with van der Waals surface area (Å²) in [4.78, 5) is 9.20. The van der Waals surface area contributed by atoms with Crippen molar-refractivity contribution in [1.82, 2.24) is 29.9 Å². The second-order valence-electron chi connectivity index (χ2n) is 10.4. The summed E-state index contributed by atoms with van der Waals surface area (Å²) in [6, 6.07) is 11.1. The highest BCUT2D eigenvalue weighted by atomic mass is 32.2. The Morgan fingerprint density at radius 1 is 1.05 bits per heavy atom. The van der Waals surface area contributed by atoms with Gasteiger partial charge < -0.3 is 0 Å². The van der Waals surface area contributed by atoms with Crippen LogP contribution in [0.15, 0.2) is 48.8 Å². The predicted molar refractivity (Wildman–Crippen MR) is 132 cm³/mol. The van der Waals surface area contributed by atoms with Crippen LogP contribution in [0, 0.1) is 17.0 Å². The molecular formula is C26H24F2N6O2S. The molecule has 0 amide bonds. The Morgan fingerprint density at radius 2 is 1.78 bits per heavy atom. The molecule has 2 atom stereocenters. The van der Waals surface area contributed by atoms with E-state index in [9.17, 15) is 17.2 Å². The second kappa shape index (κ2) is 7.95. The summed E-state index contributed by atoms with van der Waals surface area (Å²) in [7, 11) is -3.28. The first-order valence-corrected chi connectivity index (χ1v) is 13.9. The number of sulfone groups is 1. The molecule has 2 bridgehead atoms. The zero-order valence-corrected chi connectivity index (χ0v) is 21.3. The summed E-state index contributed by atoms with van der Waals surface area (Å²) in [5, 5.41) is 13.1. The van der Waals surface area contributed by atoms with E-state index in [-0.39, 0.29) is 28.5 Å². The highest BCUT2D eigenvalue weighted by Crippen LogP contribution is 2.69. The molecule has 3 aromatic heterocycles. The number of rotatable bonds is 5. The van der Waals surface area contributed by atoms with Gasteiger partial charge in [0.25, 0.3) is 0 Å². The third kappa shape index (κ3) is 3.51. The SMILES string of the molecule is CC1(C)[C@H]2CC[C@@]1(c1cccc(-c3ncn(CS(C)(=O)=O)n3)n1)c1nnc(-c3c(F)cccc3F)cc12. The van der Waals surface area contributed by atoms with Gasteiger partial charge in [-0.3, -0.25) is 0 Å². The Balaban J connectivity index is 1.45. The molecule has 1 fully saturated rings. The molecule has 6 rings (SSSR count). The maximum Gasteiger partial charge on any atom is 0.199 e. The van der Waals surface area contributed by atoms with Gasteiger partial charge in [0.05, 0.1) is 28.1 Å². The largest absolute Gasteiger partial charge is 0.248 e. The van der Waals surface area contributed by atoms with Crippen molar-refractivity contribution in [2.75, 3.05) is 6.26 Å². The molecule has 11 heteroatoms. The molecule has 2 aliphatic carbocycles. The van der Waals surface area contributed by atoms with Gasteiger partial charge in [0.2, 0.25) is 0 Å². The summed E-state index contributed by atoms with van der Waals surface area (Å²) in [5.41, 5.74) is 2.17. The lowest BCUT2D eigenvalue weighted by Crippen LogP contribution is -2.37. The minimum atomic E-state index is -3.28. The maximum atomic E-state index is 14.5. The Labute approximate surface area is 212 Å². The molecular weight excluding hydrogens is 498 g/mol. The smallest absolute Gasteiger partial charge is 0.199 e. The van der Waals surface area contributed by atoms with Crippen molar-refractivity contribution in [2.24, 2.45) is 5.41 Å². The number of benzene rings is 1. The van der Waals surface area contributed by atoms with E-state index >= 15 is 0 Å². The normalized spacial score (nSPS) is 21.8. The number of hydrogen-bond donors (Lipinski definition) is 0. The van der Waals surface area contributed by atoms with Crippen molar-refractivity contribution in [3.8, 4) is 22.8 Å². The molecule has 190 valence electrons. The van der Waals surface area contributed by atoms with Crippen LogP contribution in [0.4, 0.5) is 8.78 Å². The highest BCUT2D eigenvalue weighted by Gasteiger charge is 2.65. The van der Waals surface area contributed by atoms with Crippen molar-refractivity contribution < 1.29 is 17.2 Å². The highest BCUT2D eigenvalue weighted by molar-refractivity contribution is 7.89. The van der Waals surface area contributed by atoms with Crippen LogP contribution in [0.2, 0.25) is 0 Å². The van der Waals surface area contributed by atoms with Crippen LogP contribution >= 0.6 is 0 Å². The lowest BCUT2D eigenvalue weighted by Gasteiger charge is -2.37. The molecule has 0 unspecified atom stereocenters. The molecule has 2 aliphatic rings. The fourth-order valence-corrected chi connectivity index (χ4v) is 6.87. The van der Waals surface area contributed by atoms with Crippen molar-refractivity contribution in [2.45, 2.75) is 43.9 Å². The van der Waals surface area contributed by atoms with Gasteiger partial charge in [-0.25, -0.2) is 31.8 Å². The molecule has 0 radical (unpaired) electrons. The van der Waals surface area contributed by atoms with Crippen molar-refractivity contribution >= 4 is 9.84 Å². The van der Waals surface area contributed by atoms with Crippen LogP contribution < -0.4 is 0 Å². The van der Waals surface area contributed by atoms with Crippen LogP contribution in [0.25, 0.3) is 22.8 Å². The molecule has 3 heterocycles. The van der Waals surface area contributed by atoms with E-state index in [4.69, 9.17) is 4.98 Å². The molecule has 1 saturated carbocycles. The van der Waals surface area contributed by atoms with E-state index in [0.717, 1.165) is 36.0 Å². The molecule has 37 heavy (non-hydrogen) atoms. The van der Waals surface area contributed by atoms with Gasteiger partial charge in [-0.1, -0.05) is 26.0 Å². The third-order valence-corrected chi connectivity index (χ3v) is 8.65. The van der Waals surface area contributed by atoms with Gasteiger partial charge in [-0.05, 0) is 60.1 Å². The average molecular weight is 523 g/mol. The molecule has 0 saturated heterocycles. The van der Waals surface area contributed by atoms with E-state index < -0.39 is 26.9 Å². The molecule has 0 N–H and O–H groups in total. The molecule has 0 spiro atoms. The first kappa shape index (κ1) is 23.8. The Bertz CT molecular complexity index is 1650. The van der Waals surface area contributed by atoms with Crippen molar-refractivity contribution in [3.63, 3.8) is 0 Å². The minimum absolute atomic E-state index is 0.115. The number of nitrogens with zero attached hydrogens (tertiary/aromatic N) is 6. The number of halogens is 2. The Kier molecular flexibility index (Phi) is 5.11. The van der Waals surface area contributed by atoms with E-state index in [0.29, 0.717) is 11.5 Å². The van der Waals surface area contributed by atoms with Gasteiger partial charge >= 0.3 is 0 Å². The van der Waals surface area contributed by atoms with E-state index in [2.05, 4.69) is 34.1 Å². The summed E-state index contributed by atoms with van der Waals surface area (Å²) in [6.07, 6.45) is 4.18. The topological polar surface area (TPSA) is 104 Å². The number of hydrogen-bond acceptors (Lipinski definition) is 7. The fourth-order valence-electron chi connectivity index (χ4n) is 6.27. The van der Waals surface area contributed by atoms with Gasteiger partial charge in [0.1, 0.15) is 29.5 Å². The van der Waals surface area contributed by atoms with Crippen LogP contribution in [0.3, 0.4) is 0 Å². The number of aromatic nitrogens is 6. The number of fused-ring (bicyclic) bond motifs is 5. The Morgan fingerprint density at radius 3 is 2.51 bits per heavy atom. The molecule has 0 aliphatic heterocycles. The standard InChI is InChI=1S/C26H24F2N6O2S/c1-25(2)16-10-11-26(25,23-15(16)12-20(31-32-23)22-17(27)6-4-7-18(22)28)21-9-5-8-19(30-21)24-29-13-34(33-24)14-37(3,35)36/h4-9,12-13,16H,10-11,14H2,1-3H3/t16-,26+/m0/s1. The second-order valence-corrected chi connectivity index (χ2v) is 12.5. The molecule has 1 aromatic carbocycles. The first-order valence-electron chi connectivity index (χ1n) is 11.9. The van der Waals surface area contributed by atoms with Gasteiger partial charge in [-0.15, -0.1) is 10.2 Å². The summed E-state index contributed by atoms with van der Waals surface area (Å²) in [5.74, 6) is -1.19. The van der Waals surface area contributed by atoms with Crippen LogP contribution in [-0.4, -0.2) is 44.6 Å². The average Bonchev–Trinajstić information content (AvgIpc) is 3.45. The van der Waals surface area contributed by atoms with Gasteiger partial charge in [0.15, 0.2) is 15.7 Å². The summed E-state index contributed by atoms with van der Waals surface area (Å²) in [6.45, 7) is 4.34. The Hall–Kier alpha value is -3.60. The first-order chi connectivity index (χ1) is 17.5. The lowest BCUT2D eigenvalue weighted by molar-refractivity contribution is 0.243. The van der Waals surface area contributed by atoms with Crippen LogP contribution in [0.5, 0.6) is 0 Å². The number of pyridine rings is 1. The summed E-state index contributed by atoms with van der Waals surface area (Å²) < 4.78 is 53.6. The molecule has 4 aromatic rings. The third-order valence-electron chi connectivity index (χ3n) is 7.92. The van der Waals surface area contributed by atoms with E-state index in [1.807, 2.05) is 12.1 Å². The monoisotopic (exact) mass is 522 g/mol. The zero-order chi connectivity index (χ0) is 26.2. The fraction of sp³-hybridized carbons (Fsp3) is 0.346. The van der Waals surface area contributed by atoms with Crippen molar-refractivity contribution in [3.05, 3.63) is 77.4 Å². The lowest BCUT2D eigenvalue weighted by atomic mass is 9.66. The van der Waals surface area contributed by atoms with Gasteiger partial charge in [-0.2, -0.15) is 5.10 Å². The zero-order valence-electron chi connectivity index (χ0n) is 20.5. The van der Waals surface area contributed by atoms with E-state index in [1.165, 1.54) is 29.2 Å². The van der Waals surface area contributed by atoms with E-state index in [1.54, 1.807) is 12.1 Å².